The second-order valence-electron chi connectivity index (χ2n) is 12.4. The quantitative estimate of drug-likeness (QED) is 0.184. The van der Waals surface area contributed by atoms with Gasteiger partial charge in [0.1, 0.15) is 17.4 Å². The fourth-order valence-electron chi connectivity index (χ4n) is 6.52. The highest BCUT2D eigenvalue weighted by Gasteiger charge is 2.31. The Morgan fingerprint density at radius 2 is 1.98 bits per heavy atom. The number of fused-ring (bicyclic) bond motifs is 10. The smallest absolute Gasteiger partial charge is 0.303 e. The van der Waals surface area contributed by atoms with Gasteiger partial charge in [0.25, 0.3) is 0 Å². The third kappa shape index (κ3) is 6.13. The number of benzene rings is 3. The van der Waals surface area contributed by atoms with E-state index in [-0.39, 0.29) is 23.5 Å². The number of aryl methyl sites for hydroxylation is 4. The molecule has 1 atom stereocenters. The monoisotopic (exact) mass is 636 g/mol. The summed E-state index contributed by atoms with van der Waals surface area (Å²) in [7, 11) is 0. The van der Waals surface area contributed by atoms with E-state index in [1.165, 1.54) is 24.3 Å². The Hall–Kier alpha value is -5.32. The molecule has 0 spiro atoms. The first kappa shape index (κ1) is 30.3. The summed E-state index contributed by atoms with van der Waals surface area (Å²) >= 11 is 0. The van der Waals surface area contributed by atoms with Crippen LogP contribution in [-0.4, -0.2) is 41.0 Å². The number of nitrogens with zero attached hydrogens (tertiary/aromatic N) is 4. The Kier molecular flexibility index (Phi) is 8.05. The van der Waals surface area contributed by atoms with Crippen LogP contribution in [0.2, 0.25) is 0 Å². The van der Waals surface area contributed by atoms with Crippen molar-refractivity contribution in [3.63, 3.8) is 0 Å². The Balaban J connectivity index is 1.31. The Bertz CT molecular complexity index is 2080. The summed E-state index contributed by atoms with van der Waals surface area (Å²) in [5, 5.41) is 18.8. The molecular weight excluding hydrogens is 602 g/mol. The topological polar surface area (TPSA) is 122 Å². The lowest BCUT2D eigenvalue weighted by atomic mass is 9.75. The van der Waals surface area contributed by atoms with E-state index in [0.29, 0.717) is 36.3 Å². The highest BCUT2D eigenvalue weighted by atomic mass is 19.1. The zero-order chi connectivity index (χ0) is 32.5. The number of H-pyrrole nitrogens is 2. The second-order valence-corrected chi connectivity index (χ2v) is 12.4. The normalized spacial score (nSPS) is 16.9. The predicted octanol–water partition coefficient (Wildman–Crippen LogP) is 7.51. The molecule has 7 rings (SSSR count). The fraction of sp³-hybridized carbons (Fsp3) is 0.278. The fourth-order valence-corrected chi connectivity index (χ4v) is 6.52. The van der Waals surface area contributed by atoms with Crippen LogP contribution in [0.15, 0.2) is 73.2 Å². The number of carboxylic acids is 1. The van der Waals surface area contributed by atoms with Gasteiger partial charge in [-0.3, -0.25) is 9.48 Å². The van der Waals surface area contributed by atoms with Crippen LogP contribution in [0, 0.1) is 11.6 Å². The van der Waals surface area contributed by atoms with Crippen LogP contribution in [-0.2, 0) is 36.0 Å². The molecule has 1 aliphatic heterocycles. The second kappa shape index (κ2) is 12.5. The van der Waals surface area contributed by atoms with Gasteiger partial charge in [-0.15, -0.1) is 5.10 Å². The summed E-state index contributed by atoms with van der Waals surface area (Å²) in [5.74, 6) is -1.21. The van der Waals surface area contributed by atoms with Crippen molar-refractivity contribution in [2.24, 2.45) is 0 Å². The lowest BCUT2D eigenvalue weighted by Crippen LogP contribution is -2.24. The van der Waals surface area contributed by atoms with E-state index in [2.05, 4.69) is 32.2 Å². The SMILES string of the molecule is CC1(c2cccc(CCC(=O)O)c2)CCCCc2cn(nn2)CCc2c(c(F)cc3[nH]ccc23)Oc2ccc(F)c(c2)-c2ncc1[nH]2. The van der Waals surface area contributed by atoms with Crippen molar-refractivity contribution in [1.29, 1.82) is 0 Å². The van der Waals surface area contributed by atoms with Crippen molar-refractivity contribution < 1.29 is 23.4 Å². The van der Waals surface area contributed by atoms with Crippen LogP contribution < -0.4 is 4.74 Å². The molecule has 9 nitrogen and oxygen atoms in total. The van der Waals surface area contributed by atoms with Gasteiger partial charge >= 0.3 is 5.97 Å². The van der Waals surface area contributed by atoms with E-state index in [4.69, 9.17) is 4.74 Å². The number of carbonyl (C=O) groups is 1. The van der Waals surface area contributed by atoms with Crippen molar-refractivity contribution in [3.05, 3.63) is 113 Å². The number of rotatable bonds is 4. The molecule has 11 heteroatoms. The minimum absolute atomic E-state index is 0.0389. The predicted molar refractivity (Wildman–Crippen MR) is 172 cm³/mol. The van der Waals surface area contributed by atoms with E-state index < -0.39 is 23.0 Å². The number of hydrogen-bond donors (Lipinski definition) is 3. The molecule has 0 saturated carbocycles. The van der Waals surface area contributed by atoms with E-state index >= 15 is 8.78 Å². The van der Waals surface area contributed by atoms with Crippen LogP contribution in [0.3, 0.4) is 0 Å². The van der Waals surface area contributed by atoms with E-state index in [9.17, 15) is 9.90 Å². The first-order valence-electron chi connectivity index (χ1n) is 15.8. The van der Waals surface area contributed by atoms with Crippen LogP contribution >= 0.6 is 0 Å². The van der Waals surface area contributed by atoms with Crippen molar-refractivity contribution in [2.45, 2.75) is 63.8 Å². The molecule has 0 fully saturated rings. The number of aromatic nitrogens is 6. The van der Waals surface area contributed by atoms with Gasteiger partial charge in [-0.1, -0.05) is 35.9 Å². The van der Waals surface area contributed by atoms with Crippen LogP contribution in [0.4, 0.5) is 8.78 Å². The van der Waals surface area contributed by atoms with E-state index in [1.807, 2.05) is 36.5 Å². The van der Waals surface area contributed by atoms with Crippen molar-refractivity contribution in [3.8, 4) is 22.9 Å². The number of imidazole rings is 1. The third-order valence-electron chi connectivity index (χ3n) is 9.18. The number of nitrogens with one attached hydrogen (secondary N) is 2. The molecule has 240 valence electrons. The van der Waals surface area contributed by atoms with Gasteiger partial charge in [-0.05, 0) is 74.4 Å². The van der Waals surface area contributed by atoms with Crippen LogP contribution in [0.1, 0.15) is 60.7 Å². The lowest BCUT2D eigenvalue weighted by molar-refractivity contribution is -0.136. The summed E-state index contributed by atoms with van der Waals surface area (Å²) in [5.41, 5.74) is 4.58. The molecule has 3 N–H and O–H groups in total. The van der Waals surface area contributed by atoms with Gasteiger partial charge < -0.3 is 19.8 Å². The average molecular weight is 637 g/mol. The molecule has 0 radical (unpaired) electrons. The minimum Gasteiger partial charge on any atom is -0.481 e. The maximum absolute atomic E-state index is 15.6. The van der Waals surface area contributed by atoms with Crippen LogP contribution in [0.25, 0.3) is 22.3 Å². The molecule has 6 bridgehead atoms. The Morgan fingerprint density at radius 3 is 2.85 bits per heavy atom. The van der Waals surface area contributed by atoms with Crippen LogP contribution in [0.5, 0.6) is 11.5 Å². The highest BCUT2D eigenvalue weighted by Crippen LogP contribution is 2.40. The van der Waals surface area contributed by atoms with E-state index in [1.54, 1.807) is 17.1 Å². The summed E-state index contributed by atoms with van der Waals surface area (Å²) in [6.07, 6.45) is 9.50. The first-order valence-corrected chi connectivity index (χ1v) is 15.8. The van der Waals surface area contributed by atoms with E-state index in [0.717, 1.165) is 53.6 Å². The van der Waals surface area contributed by atoms with Gasteiger partial charge in [0, 0.05) is 65.2 Å². The Morgan fingerprint density at radius 1 is 1.09 bits per heavy atom. The van der Waals surface area contributed by atoms with Gasteiger partial charge in [0.15, 0.2) is 11.6 Å². The van der Waals surface area contributed by atoms with Crippen molar-refractivity contribution in [2.75, 3.05) is 0 Å². The van der Waals surface area contributed by atoms with Crippen molar-refractivity contribution >= 4 is 16.9 Å². The highest BCUT2D eigenvalue weighted by molar-refractivity contribution is 5.85. The summed E-state index contributed by atoms with van der Waals surface area (Å²) in [6, 6.07) is 15.6. The molecule has 0 aliphatic carbocycles. The number of aromatic amines is 2. The number of carboxylic acid groups (broad SMARTS) is 1. The lowest BCUT2D eigenvalue weighted by Gasteiger charge is -2.30. The molecule has 3 aromatic carbocycles. The number of aliphatic carboxylic acids is 1. The molecule has 1 unspecified atom stereocenters. The molecule has 1 aliphatic rings. The maximum Gasteiger partial charge on any atom is 0.303 e. The van der Waals surface area contributed by atoms with Gasteiger partial charge in [0.05, 0.1) is 11.3 Å². The summed E-state index contributed by atoms with van der Waals surface area (Å²) in [4.78, 5) is 22.3. The average Bonchev–Trinajstić information content (AvgIpc) is 3.84. The van der Waals surface area contributed by atoms with Gasteiger partial charge in [-0.2, -0.15) is 0 Å². The molecule has 47 heavy (non-hydrogen) atoms. The standard InChI is InChI=1S/C36H34F2N6O3/c1-36(23-6-4-5-22(17-23)8-11-33(45)46)14-3-2-7-24-21-44(43-42-24)16-13-27-26-12-15-39-31(26)19-30(38)34(27)47-25-9-10-29(37)28(18-25)35-40-20-32(36)41-35/h4-6,9-10,12,15,17-21,39H,2-3,7-8,11,13-14,16H2,1H3,(H,40,41)(H,45,46). The van der Waals surface area contributed by atoms with Crippen molar-refractivity contribution in [1.82, 2.24) is 29.9 Å². The first-order chi connectivity index (χ1) is 22.8. The minimum atomic E-state index is -0.846. The summed E-state index contributed by atoms with van der Waals surface area (Å²) < 4.78 is 38.9. The maximum atomic E-state index is 15.6. The van der Waals surface area contributed by atoms with Gasteiger partial charge in [0.2, 0.25) is 0 Å². The largest absolute Gasteiger partial charge is 0.481 e. The van der Waals surface area contributed by atoms with Gasteiger partial charge in [-0.25, -0.2) is 13.8 Å². The molecule has 0 saturated heterocycles. The molecule has 3 aromatic heterocycles. The molecular formula is C36H34F2N6O3. The zero-order valence-electron chi connectivity index (χ0n) is 25.9. The molecule has 6 aromatic rings. The number of halogens is 2. The number of ether oxygens (including phenoxy) is 1. The number of hydrogen-bond acceptors (Lipinski definition) is 5. The zero-order valence-corrected chi connectivity index (χ0v) is 25.9. The summed E-state index contributed by atoms with van der Waals surface area (Å²) in [6.45, 7) is 2.59. The molecule has 0 amide bonds. The molecule has 4 heterocycles. The third-order valence-corrected chi connectivity index (χ3v) is 9.18. The Labute approximate surface area is 269 Å².